The molecule has 0 heterocycles. The standard InChI is InChI=1S/C7H5F3S/c8-7(9,10)11-6-4-2-1-3-5-6/h1-5H/i8-1. The van der Waals surface area contributed by atoms with Crippen LogP contribution < -0.4 is 0 Å². The average molecular weight is 177 g/mol. The highest BCUT2D eigenvalue weighted by molar-refractivity contribution is 8.00. The molecule has 0 N–H and O–H groups in total. The highest BCUT2D eigenvalue weighted by Gasteiger charge is 2.28. The minimum atomic E-state index is -4.18. The predicted molar refractivity (Wildman–Crippen MR) is 38.4 cm³/mol. The van der Waals surface area contributed by atoms with E-state index < -0.39 is 5.51 Å². The van der Waals surface area contributed by atoms with Gasteiger partial charge in [0.1, 0.15) is 0 Å². The van der Waals surface area contributed by atoms with Gasteiger partial charge in [0, 0.05) is 4.90 Å². The number of halogens is 3. The molecule has 0 saturated carbocycles. The molecule has 0 aliphatic heterocycles. The molecular weight excluding hydrogens is 172 g/mol. The van der Waals surface area contributed by atoms with Gasteiger partial charge in [0.15, 0.2) is 0 Å². The van der Waals surface area contributed by atoms with Crippen molar-refractivity contribution in [2.45, 2.75) is 10.4 Å². The van der Waals surface area contributed by atoms with Crippen LogP contribution in [0.5, 0.6) is 0 Å². The largest absolute Gasteiger partial charge is 0.446 e. The zero-order chi connectivity index (χ0) is 8.32. The van der Waals surface area contributed by atoms with Gasteiger partial charge in [-0.15, -0.1) is 0 Å². The van der Waals surface area contributed by atoms with Crippen LogP contribution in [0.4, 0.5) is 13.2 Å². The van der Waals surface area contributed by atoms with Crippen LogP contribution in [-0.4, -0.2) is 5.51 Å². The third kappa shape index (κ3) is 3.32. The summed E-state index contributed by atoms with van der Waals surface area (Å²) in [6, 6.07) is 7.69. The Kier molecular flexibility index (Phi) is 2.44. The molecular formula is C7H5F3S. The molecule has 0 fully saturated rings. The number of thioether (sulfide) groups is 1. The van der Waals surface area contributed by atoms with E-state index >= 15 is 0 Å². The fourth-order valence-corrected chi connectivity index (χ4v) is 1.18. The van der Waals surface area contributed by atoms with Gasteiger partial charge >= 0.3 is 5.51 Å². The van der Waals surface area contributed by atoms with Crippen LogP contribution in [0.25, 0.3) is 0 Å². The molecule has 0 bridgehead atoms. The van der Waals surface area contributed by atoms with Crippen LogP contribution in [-0.2, 0) is 0 Å². The fourth-order valence-electron chi connectivity index (χ4n) is 0.622. The number of benzene rings is 1. The molecule has 0 unspecified atom stereocenters. The van der Waals surface area contributed by atoms with Gasteiger partial charge in [-0.3, -0.25) is 0 Å². The van der Waals surface area contributed by atoms with E-state index in [9.17, 15) is 13.2 Å². The zero-order valence-electron chi connectivity index (χ0n) is 5.43. The molecule has 0 aromatic heterocycles. The van der Waals surface area contributed by atoms with Crippen LogP contribution in [0, 0.1) is 0 Å². The summed E-state index contributed by atoms with van der Waals surface area (Å²) in [6.07, 6.45) is 0. The molecule has 0 aliphatic carbocycles. The quantitative estimate of drug-likeness (QED) is 0.593. The van der Waals surface area contributed by atoms with Gasteiger partial charge in [0.05, 0.1) is 0 Å². The van der Waals surface area contributed by atoms with Crippen molar-refractivity contribution in [3.8, 4) is 0 Å². The summed E-state index contributed by atoms with van der Waals surface area (Å²) in [5.41, 5.74) is -4.18. The van der Waals surface area contributed by atoms with Crippen molar-refractivity contribution in [2.75, 3.05) is 0 Å². The van der Waals surface area contributed by atoms with Crippen molar-refractivity contribution in [3.63, 3.8) is 0 Å². The molecule has 0 amide bonds. The monoisotopic (exact) mass is 177 g/mol. The van der Waals surface area contributed by atoms with E-state index in [0.717, 1.165) is 0 Å². The van der Waals surface area contributed by atoms with Crippen LogP contribution in [0.15, 0.2) is 35.2 Å². The predicted octanol–water partition coefficient (Wildman–Crippen LogP) is 3.30. The van der Waals surface area contributed by atoms with E-state index in [1.54, 1.807) is 18.2 Å². The molecule has 0 saturated heterocycles. The lowest BCUT2D eigenvalue weighted by atomic mass is 10.4. The van der Waals surface area contributed by atoms with E-state index in [0.29, 0.717) is 0 Å². The number of alkyl halides is 3. The van der Waals surface area contributed by atoms with Gasteiger partial charge in [-0.2, -0.15) is 13.2 Å². The second kappa shape index (κ2) is 3.17. The summed E-state index contributed by atoms with van der Waals surface area (Å²) >= 11 is -0.0993. The molecule has 1 aromatic carbocycles. The summed E-state index contributed by atoms with van der Waals surface area (Å²) in [7, 11) is 0. The van der Waals surface area contributed by atoms with Gasteiger partial charge in [-0.1, -0.05) is 18.2 Å². The second-order valence-electron chi connectivity index (χ2n) is 1.86. The number of rotatable bonds is 1. The molecule has 60 valence electrons. The molecule has 0 spiro atoms. The average Bonchev–Trinajstić information content (AvgIpc) is 1.85. The summed E-state index contributed by atoms with van der Waals surface area (Å²) in [5.74, 6) is 0. The topological polar surface area (TPSA) is 0 Å². The van der Waals surface area contributed by atoms with Gasteiger partial charge in [0.25, 0.3) is 0 Å². The molecule has 1 aromatic rings. The summed E-state index contributed by atoms with van der Waals surface area (Å²) < 4.78 is 35.1. The Balaban J connectivity index is 2.66. The molecule has 1 rings (SSSR count). The Hall–Kier alpha value is -0.640. The first-order chi connectivity index (χ1) is 5.08. The number of hydrogen-bond acceptors (Lipinski definition) is 1. The van der Waals surface area contributed by atoms with Gasteiger partial charge in [0.2, 0.25) is 0 Å². The van der Waals surface area contributed by atoms with E-state index in [-0.39, 0.29) is 16.7 Å². The number of hydrogen-bond donors (Lipinski definition) is 0. The van der Waals surface area contributed by atoms with Crippen molar-refractivity contribution < 1.29 is 13.2 Å². The third-order valence-corrected chi connectivity index (χ3v) is 1.72. The van der Waals surface area contributed by atoms with Gasteiger partial charge in [-0.05, 0) is 23.9 Å². The fraction of sp³-hybridized carbons (Fsp3) is 0.143. The maximum Gasteiger partial charge on any atom is 0.446 e. The minimum Gasteiger partial charge on any atom is -0.160 e. The SMILES string of the molecule is FC(F)([18F])Sc1ccccc1. The van der Waals surface area contributed by atoms with Crippen LogP contribution in [0.2, 0.25) is 0 Å². The first kappa shape index (κ1) is 8.46. The Morgan fingerprint density at radius 1 is 1.00 bits per heavy atom. The first-order valence-electron chi connectivity index (χ1n) is 2.89. The molecule has 0 aliphatic rings. The van der Waals surface area contributed by atoms with Crippen molar-refractivity contribution in [1.29, 1.82) is 0 Å². The third-order valence-electron chi connectivity index (χ3n) is 0.977. The van der Waals surface area contributed by atoms with Gasteiger partial charge in [-0.25, -0.2) is 0 Å². The van der Waals surface area contributed by atoms with Crippen LogP contribution >= 0.6 is 11.8 Å². The lowest BCUT2D eigenvalue weighted by molar-refractivity contribution is -0.0328. The molecule has 4 heteroatoms. The maximum absolute atomic E-state index is 11.7. The lowest BCUT2D eigenvalue weighted by Crippen LogP contribution is -1.98. The normalized spacial score (nSPS) is 11.5. The van der Waals surface area contributed by atoms with Crippen LogP contribution in [0.3, 0.4) is 0 Å². The Bertz CT molecular complexity index is 217. The first-order valence-corrected chi connectivity index (χ1v) is 3.70. The minimum absolute atomic E-state index is 0.0993. The van der Waals surface area contributed by atoms with Crippen molar-refractivity contribution >= 4 is 11.8 Å². The Morgan fingerprint density at radius 3 is 2.00 bits per heavy atom. The summed E-state index contributed by atoms with van der Waals surface area (Å²) in [6.45, 7) is 0. The van der Waals surface area contributed by atoms with E-state index in [4.69, 9.17) is 0 Å². The molecule has 0 radical (unpaired) electrons. The smallest absolute Gasteiger partial charge is 0.160 e. The van der Waals surface area contributed by atoms with Crippen molar-refractivity contribution in [3.05, 3.63) is 30.3 Å². The molecule has 0 nitrogen and oxygen atoms in total. The highest BCUT2D eigenvalue weighted by Crippen LogP contribution is 2.36. The maximum atomic E-state index is 11.7. The van der Waals surface area contributed by atoms with Crippen LogP contribution in [0.1, 0.15) is 0 Å². The lowest BCUT2D eigenvalue weighted by Gasteiger charge is -2.03. The van der Waals surface area contributed by atoms with E-state index in [1.165, 1.54) is 12.1 Å². The zero-order valence-corrected chi connectivity index (χ0v) is 6.25. The van der Waals surface area contributed by atoms with Crippen molar-refractivity contribution in [2.24, 2.45) is 0 Å². The van der Waals surface area contributed by atoms with Crippen molar-refractivity contribution in [1.82, 2.24) is 0 Å². The Labute approximate surface area is 66.4 Å². The van der Waals surface area contributed by atoms with E-state index in [1.807, 2.05) is 0 Å². The Morgan fingerprint density at radius 2 is 1.55 bits per heavy atom. The summed E-state index contributed by atoms with van der Waals surface area (Å²) in [4.78, 5) is 0.222. The van der Waals surface area contributed by atoms with Gasteiger partial charge < -0.3 is 0 Å². The summed E-state index contributed by atoms with van der Waals surface area (Å²) in [5, 5.41) is 0. The van der Waals surface area contributed by atoms with E-state index in [2.05, 4.69) is 0 Å². The highest BCUT2D eigenvalue weighted by atomic mass is 32.2. The second-order valence-corrected chi connectivity index (χ2v) is 3.00. The molecule has 11 heavy (non-hydrogen) atoms. The molecule has 0 atom stereocenters.